The third-order valence-electron chi connectivity index (χ3n) is 3.19. The lowest BCUT2D eigenvalue weighted by atomic mass is 9.94. The molecule has 0 aliphatic rings. The van der Waals surface area contributed by atoms with Crippen LogP contribution in [0.2, 0.25) is 0 Å². The first-order valence-electron chi connectivity index (χ1n) is 6.88. The maximum atomic E-state index is 12.1. The van der Waals surface area contributed by atoms with Crippen molar-refractivity contribution >= 4 is 17.5 Å². The molecule has 1 aromatic carbocycles. The molecule has 20 heavy (non-hydrogen) atoms. The molecule has 1 aromatic rings. The topological polar surface area (TPSA) is 29.5 Å². The minimum atomic E-state index is -0.506. The molecule has 0 aromatic heterocycles. The van der Waals surface area contributed by atoms with Crippen molar-refractivity contribution in [1.29, 1.82) is 0 Å². The van der Waals surface area contributed by atoms with Crippen molar-refractivity contribution in [3.63, 3.8) is 0 Å². The van der Waals surface area contributed by atoms with E-state index in [2.05, 4.69) is 0 Å². The fourth-order valence-corrected chi connectivity index (χ4v) is 1.92. The first-order valence-corrected chi connectivity index (χ1v) is 7.41. The van der Waals surface area contributed by atoms with Gasteiger partial charge in [0.15, 0.2) is 0 Å². The number of carbonyl (C=O) groups excluding carboxylic acids is 1. The minimum Gasteiger partial charge on any atom is -0.494 e. The summed E-state index contributed by atoms with van der Waals surface area (Å²) in [5, 5.41) is 0. The second-order valence-electron chi connectivity index (χ2n) is 5.76. The normalized spacial score (nSPS) is 11.2. The summed E-state index contributed by atoms with van der Waals surface area (Å²) >= 11 is 5.81. The lowest BCUT2D eigenvalue weighted by Crippen LogP contribution is -2.40. The van der Waals surface area contributed by atoms with E-state index in [0.29, 0.717) is 19.0 Å². The van der Waals surface area contributed by atoms with Crippen molar-refractivity contribution in [3.05, 3.63) is 29.8 Å². The molecule has 4 heteroatoms. The second-order valence-corrected chi connectivity index (χ2v) is 6.03. The van der Waals surface area contributed by atoms with Gasteiger partial charge in [-0.3, -0.25) is 4.79 Å². The number of hydrogen-bond acceptors (Lipinski definition) is 2. The van der Waals surface area contributed by atoms with Crippen LogP contribution < -0.4 is 4.74 Å². The summed E-state index contributed by atoms with van der Waals surface area (Å²) in [5.41, 5.74) is 0.708. The standard InChI is InChI=1S/C16H24ClNO2/c1-13-6-8-14(9-7-13)20-11-5-10-18(4)15(19)16(2,3)12-17/h6-9H,5,10-12H2,1-4H3. The zero-order chi connectivity index (χ0) is 15.2. The van der Waals surface area contributed by atoms with Gasteiger partial charge in [-0.15, -0.1) is 11.6 Å². The van der Waals surface area contributed by atoms with Crippen LogP contribution in [0.5, 0.6) is 5.75 Å². The molecule has 0 aliphatic heterocycles. The van der Waals surface area contributed by atoms with Crippen LogP contribution in [0.15, 0.2) is 24.3 Å². The molecule has 0 spiro atoms. The van der Waals surface area contributed by atoms with Crippen LogP contribution in [0.1, 0.15) is 25.8 Å². The smallest absolute Gasteiger partial charge is 0.229 e. The lowest BCUT2D eigenvalue weighted by Gasteiger charge is -2.27. The van der Waals surface area contributed by atoms with Crippen molar-refractivity contribution < 1.29 is 9.53 Å². The van der Waals surface area contributed by atoms with Crippen LogP contribution in [-0.4, -0.2) is 36.9 Å². The van der Waals surface area contributed by atoms with Gasteiger partial charge in [0, 0.05) is 19.5 Å². The molecule has 3 nitrogen and oxygen atoms in total. The predicted octanol–water partition coefficient (Wildman–Crippen LogP) is 3.49. The fraction of sp³-hybridized carbons (Fsp3) is 0.562. The van der Waals surface area contributed by atoms with Crippen molar-refractivity contribution in [2.45, 2.75) is 27.2 Å². The van der Waals surface area contributed by atoms with Crippen LogP contribution in [0, 0.1) is 12.3 Å². The number of nitrogens with zero attached hydrogens (tertiary/aromatic N) is 1. The van der Waals surface area contributed by atoms with E-state index in [1.165, 1.54) is 5.56 Å². The molecular formula is C16H24ClNO2. The molecule has 112 valence electrons. The maximum absolute atomic E-state index is 12.1. The number of ether oxygens (including phenoxy) is 1. The van der Waals surface area contributed by atoms with E-state index in [1.807, 2.05) is 52.1 Å². The van der Waals surface area contributed by atoms with Crippen molar-refractivity contribution in [2.24, 2.45) is 5.41 Å². The number of aryl methyl sites for hydroxylation is 1. The van der Waals surface area contributed by atoms with E-state index in [4.69, 9.17) is 16.3 Å². The molecule has 0 heterocycles. The van der Waals surface area contributed by atoms with Gasteiger partial charge in [0.05, 0.1) is 12.0 Å². The molecule has 1 amide bonds. The van der Waals surface area contributed by atoms with E-state index in [-0.39, 0.29) is 5.91 Å². The van der Waals surface area contributed by atoms with Gasteiger partial charge >= 0.3 is 0 Å². The molecule has 0 unspecified atom stereocenters. The Morgan fingerprint density at radius 3 is 2.45 bits per heavy atom. The van der Waals surface area contributed by atoms with Gasteiger partial charge in [-0.2, -0.15) is 0 Å². The number of rotatable bonds is 7. The highest BCUT2D eigenvalue weighted by Gasteiger charge is 2.29. The van der Waals surface area contributed by atoms with Crippen LogP contribution in [0.25, 0.3) is 0 Å². The summed E-state index contributed by atoms with van der Waals surface area (Å²) in [6, 6.07) is 7.96. The number of halogens is 1. The van der Waals surface area contributed by atoms with Gasteiger partial charge in [0.1, 0.15) is 5.75 Å². The first kappa shape index (κ1) is 16.8. The largest absolute Gasteiger partial charge is 0.494 e. The molecule has 0 aliphatic carbocycles. The molecule has 0 N–H and O–H groups in total. The van der Waals surface area contributed by atoms with Crippen molar-refractivity contribution in [1.82, 2.24) is 4.90 Å². The second kappa shape index (κ2) is 7.53. The Bertz CT molecular complexity index is 429. The zero-order valence-electron chi connectivity index (χ0n) is 12.8. The Hall–Kier alpha value is -1.22. The van der Waals surface area contributed by atoms with Crippen molar-refractivity contribution in [2.75, 3.05) is 26.1 Å². The summed E-state index contributed by atoms with van der Waals surface area (Å²) in [6.45, 7) is 7.04. The average molecular weight is 298 g/mol. The van der Waals surface area contributed by atoms with Gasteiger partial charge in [0.25, 0.3) is 0 Å². The average Bonchev–Trinajstić information content (AvgIpc) is 2.44. The highest BCUT2D eigenvalue weighted by Crippen LogP contribution is 2.20. The number of amides is 1. The Balaban J connectivity index is 2.30. The third kappa shape index (κ3) is 5.04. The highest BCUT2D eigenvalue weighted by atomic mass is 35.5. The summed E-state index contributed by atoms with van der Waals surface area (Å²) in [4.78, 5) is 13.8. The van der Waals surface area contributed by atoms with E-state index in [1.54, 1.807) is 4.90 Å². The molecule has 1 rings (SSSR count). The summed E-state index contributed by atoms with van der Waals surface area (Å²) in [6.07, 6.45) is 0.800. The highest BCUT2D eigenvalue weighted by molar-refractivity contribution is 6.19. The summed E-state index contributed by atoms with van der Waals surface area (Å²) in [5.74, 6) is 1.27. The number of hydrogen-bond donors (Lipinski definition) is 0. The van der Waals surface area contributed by atoms with E-state index < -0.39 is 5.41 Å². The van der Waals surface area contributed by atoms with E-state index >= 15 is 0 Å². The third-order valence-corrected chi connectivity index (χ3v) is 3.86. The lowest BCUT2D eigenvalue weighted by molar-refractivity contribution is -0.137. The Morgan fingerprint density at radius 2 is 1.90 bits per heavy atom. The molecule has 0 saturated carbocycles. The van der Waals surface area contributed by atoms with Gasteiger partial charge in [-0.1, -0.05) is 17.7 Å². The van der Waals surface area contributed by atoms with Gasteiger partial charge in [-0.25, -0.2) is 0 Å². The number of carbonyl (C=O) groups is 1. The fourth-order valence-electron chi connectivity index (χ4n) is 1.80. The zero-order valence-corrected chi connectivity index (χ0v) is 13.5. The van der Waals surface area contributed by atoms with Crippen LogP contribution >= 0.6 is 11.6 Å². The van der Waals surface area contributed by atoms with E-state index in [0.717, 1.165) is 12.2 Å². The number of benzene rings is 1. The quantitative estimate of drug-likeness (QED) is 0.569. The minimum absolute atomic E-state index is 0.0721. The van der Waals surface area contributed by atoms with Crippen LogP contribution in [-0.2, 0) is 4.79 Å². The molecule has 0 bridgehead atoms. The summed E-state index contributed by atoms with van der Waals surface area (Å²) in [7, 11) is 1.81. The predicted molar refractivity (Wildman–Crippen MR) is 83.4 cm³/mol. The molecule has 0 saturated heterocycles. The van der Waals surface area contributed by atoms with E-state index in [9.17, 15) is 4.79 Å². The first-order chi connectivity index (χ1) is 9.36. The van der Waals surface area contributed by atoms with Gasteiger partial charge in [0.2, 0.25) is 5.91 Å². The SMILES string of the molecule is Cc1ccc(OCCCN(C)C(=O)C(C)(C)CCl)cc1. The number of alkyl halides is 1. The monoisotopic (exact) mass is 297 g/mol. The molecular weight excluding hydrogens is 274 g/mol. The van der Waals surface area contributed by atoms with Crippen molar-refractivity contribution in [3.8, 4) is 5.75 Å². The van der Waals surface area contributed by atoms with Crippen LogP contribution in [0.4, 0.5) is 0 Å². The molecule has 0 radical (unpaired) electrons. The molecule has 0 fully saturated rings. The summed E-state index contributed by atoms with van der Waals surface area (Å²) < 4.78 is 5.64. The maximum Gasteiger partial charge on any atom is 0.229 e. The Kier molecular flexibility index (Phi) is 6.34. The van der Waals surface area contributed by atoms with Gasteiger partial charge < -0.3 is 9.64 Å². The Morgan fingerprint density at radius 1 is 1.30 bits per heavy atom. The molecule has 0 atom stereocenters. The van der Waals surface area contributed by atoms with Gasteiger partial charge in [-0.05, 0) is 39.3 Å². The van der Waals surface area contributed by atoms with Crippen LogP contribution in [0.3, 0.4) is 0 Å². The Labute approximate surface area is 126 Å².